The number of benzene rings is 2. The molecule has 0 aliphatic carbocycles. The lowest BCUT2D eigenvalue weighted by molar-refractivity contribution is -0.271. The molecule has 38 heteroatoms. The number of aliphatic hydroxyl groups is 3. The Hall–Kier alpha value is -9.36. The van der Waals surface area contributed by atoms with E-state index in [0.29, 0.717) is 100 Å². The van der Waals surface area contributed by atoms with Gasteiger partial charge in [0.2, 0.25) is 29.6 Å². The highest BCUT2D eigenvalue weighted by Crippen LogP contribution is 2.44. The van der Waals surface area contributed by atoms with Crippen LogP contribution >= 0.6 is 0 Å². The lowest BCUT2D eigenvalue weighted by Crippen LogP contribution is -2.61. The number of carboxylic acids is 1. The molecule has 3 amide bonds. The Balaban J connectivity index is 0.617. The van der Waals surface area contributed by atoms with E-state index in [-0.39, 0.29) is 126 Å². The topological polar surface area (TPSA) is 495 Å². The van der Waals surface area contributed by atoms with Crippen LogP contribution in [0.25, 0.3) is 33.3 Å². The molecule has 0 spiro atoms. The van der Waals surface area contributed by atoms with Crippen molar-refractivity contribution >= 4 is 84.9 Å². The third-order valence-electron chi connectivity index (χ3n) is 20.4. The van der Waals surface area contributed by atoms with Gasteiger partial charge in [-0.25, -0.2) is 24.4 Å². The number of pyridine rings is 3. The van der Waals surface area contributed by atoms with E-state index < -0.39 is 141 Å². The lowest BCUT2D eigenvalue weighted by atomic mass is 9.85. The van der Waals surface area contributed by atoms with Crippen molar-refractivity contribution in [3.05, 3.63) is 111 Å². The molecule has 9 N–H and O–H groups in total. The van der Waals surface area contributed by atoms with Gasteiger partial charge >= 0.3 is 17.9 Å². The Labute approximate surface area is 687 Å². The van der Waals surface area contributed by atoms with Crippen molar-refractivity contribution in [2.75, 3.05) is 137 Å². The van der Waals surface area contributed by atoms with E-state index in [0.717, 1.165) is 41.0 Å². The number of Topliss-reactive ketones (excluding diaryl/α,β-unsaturated/α-hetero) is 2. The number of carbonyl (C=O) groups is 8. The van der Waals surface area contributed by atoms with E-state index in [2.05, 4.69) is 25.8 Å². The fourth-order valence-electron chi connectivity index (χ4n) is 13.9. The fraction of sp³-hybridized carbons (Fsp3) is 0.568. The van der Waals surface area contributed by atoms with Crippen LogP contribution in [0.2, 0.25) is 0 Å². The third kappa shape index (κ3) is 25.4. The van der Waals surface area contributed by atoms with Crippen LogP contribution in [0, 0.1) is 17.8 Å². The number of aromatic hydroxyl groups is 1. The average Bonchev–Trinajstić information content (AvgIpc) is 1.54. The molecule has 2 aromatic carbocycles. The number of amides is 3. The van der Waals surface area contributed by atoms with Crippen molar-refractivity contribution in [1.29, 1.82) is 0 Å². The van der Waals surface area contributed by atoms with Crippen LogP contribution in [0.4, 0.5) is 5.69 Å². The predicted octanol–water partition coefficient (Wildman–Crippen LogP) is 3.15. The number of anilines is 1. The molecule has 1 fully saturated rings. The summed E-state index contributed by atoms with van der Waals surface area (Å²) in [7, 11) is -2.59. The monoisotopic (exact) mass is 1690 g/mol. The maximum Gasteiger partial charge on any atom is 0.355 e. The SMILES string of the molecule is CCc1c2c(nc3ccc(O)cc13)-c1cc3c(c(=O)n1C2)COC(=O)[C@@]3(CC)OC(=O)c1ccc(NC(=O)[C@H](C)CC(=O)[C@@H](NC(=O)CCOCCOCCOCCOCCOCCOCCOCCOCCNC(=O)[C@@H](CC(=O)CCn2c(CN(C)CC)cc3cccnc32)CS(=O)(=O)O)C(C)C)cc1OC1O[C@H](C(=O)O)[C@@H](O)[C@H](O)[C@H]1O. The smallest absolute Gasteiger partial charge is 0.355 e. The molecule has 4 aromatic heterocycles. The number of carboxylic acid groups (broad SMARTS) is 1. The maximum absolute atomic E-state index is 14.8. The molecule has 652 valence electrons. The van der Waals surface area contributed by atoms with E-state index in [1.165, 1.54) is 30.5 Å². The zero-order valence-electron chi connectivity index (χ0n) is 67.8. The molecule has 7 heterocycles. The molecule has 0 bridgehead atoms. The molecule has 1 unspecified atom stereocenters. The summed E-state index contributed by atoms with van der Waals surface area (Å²) in [5, 5.41) is 62.0. The fourth-order valence-corrected chi connectivity index (χ4v) is 14.7. The van der Waals surface area contributed by atoms with Gasteiger partial charge in [-0.05, 0) is 92.5 Å². The van der Waals surface area contributed by atoms with Crippen LogP contribution in [0.5, 0.6) is 11.5 Å². The minimum absolute atomic E-state index is 0.00526. The van der Waals surface area contributed by atoms with Gasteiger partial charge in [0, 0.05) is 96.8 Å². The quantitative estimate of drug-likeness (QED) is 0.0150. The zero-order valence-corrected chi connectivity index (χ0v) is 68.6. The normalized spacial score (nSPS) is 18.4. The number of ketones is 2. The van der Waals surface area contributed by atoms with E-state index in [1.807, 2.05) is 43.7 Å². The second-order valence-electron chi connectivity index (χ2n) is 29.3. The predicted molar refractivity (Wildman–Crippen MR) is 424 cm³/mol. The zero-order chi connectivity index (χ0) is 86.1. The van der Waals surface area contributed by atoms with Gasteiger partial charge in [0.25, 0.3) is 15.7 Å². The first-order chi connectivity index (χ1) is 57.0. The number of ether oxygens (including phenoxy) is 12. The van der Waals surface area contributed by atoms with Crippen LogP contribution in [0.3, 0.4) is 0 Å². The molecule has 1 saturated heterocycles. The lowest BCUT2D eigenvalue weighted by Gasteiger charge is -2.38. The minimum Gasteiger partial charge on any atom is -0.508 e. The number of fused-ring (bicyclic) bond motifs is 6. The van der Waals surface area contributed by atoms with Gasteiger partial charge in [-0.1, -0.05) is 41.5 Å². The summed E-state index contributed by atoms with van der Waals surface area (Å²) in [5.41, 5.74) is 1.08. The summed E-state index contributed by atoms with van der Waals surface area (Å²) in [5.74, 6) is -11.0. The van der Waals surface area contributed by atoms with Crippen molar-refractivity contribution in [2.45, 2.75) is 149 Å². The molecule has 0 saturated carbocycles. The molecule has 6 aromatic rings. The maximum atomic E-state index is 14.8. The number of aryl methyl sites for hydroxylation is 2. The summed E-state index contributed by atoms with van der Waals surface area (Å²) < 4.78 is 104. The molecule has 119 heavy (non-hydrogen) atoms. The first-order valence-corrected chi connectivity index (χ1v) is 41.2. The van der Waals surface area contributed by atoms with E-state index in [1.54, 1.807) is 38.2 Å². The summed E-state index contributed by atoms with van der Waals surface area (Å²) in [6, 6.07) is 14.5. The van der Waals surface area contributed by atoms with E-state index in [9.17, 15) is 81.7 Å². The highest BCUT2D eigenvalue weighted by Gasteiger charge is 2.52. The Morgan fingerprint density at radius 3 is 1.97 bits per heavy atom. The van der Waals surface area contributed by atoms with Gasteiger partial charge in [0.1, 0.15) is 53.4 Å². The highest BCUT2D eigenvalue weighted by atomic mass is 32.2. The van der Waals surface area contributed by atoms with Crippen LogP contribution in [-0.4, -0.2) is 278 Å². The first kappa shape index (κ1) is 93.5. The number of aromatic nitrogens is 4. The number of aliphatic carboxylic acids is 1. The van der Waals surface area contributed by atoms with Crippen LogP contribution in [-0.2, 0) is 134 Å². The second-order valence-corrected chi connectivity index (χ2v) is 30.8. The van der Waals surface area contributed by atoms with Gasteiger partial charge in [0.15, 0.2) is 11.9 Å². The van der Waals surface area contributed by atoms with Crippen molar-refractivity contribution in [3.63, 3.8) is 0 Å². The van der Waals surface area contributed by atoms with Gasteiger partial charge in [0.05, 0.1) is 152 Å². The van der Waals surface area contributed by atoms with Crippen LogP contribution < -0.4 is 26.2 Å². The van der Waals surface area contributed by atoms with Gasteiger partial charge in [-0.2, -0.15) is 8.42 Å². The Bertz CT molecular complexity index is 4690. The Kier molecular flexibility index (Phi) is 35.2. The molecule has 9 rings (SSSR count). The number of phenols is 1. The van der Waals surface area contributed by atoms with Gasteiger partial charge < -0.3 is 112 Å². The number of hydrogen-bond acceptors (Lipinski definition) is 30. The van der Waals surface area contributed by atoms with Crippen molar-refractivity contribution < 1.29 is 134 Å². The summed E-state index contributed by atoms with van der Waals surface area (Å²) in [6.45, 7) is 15.9. The Morgan fingerprint density at radius 2 is 1.37 bits per heavy atom. The van der Waals surface area contributed by atoms with Crippen molar-refractivity contribution in [1.82, 2.24) is 34.6 Å². The minimum atomic E-state index is -4.57. The van der Waals surface area contributed by atoms with Crippen LogP contribution in [0.15, 0.2) is 71.7 Å². The molecule has 3 aliphatic rings. The third-order valence-corrected chi connectivity index (χ3v) is 21.2. The standard InChI is InChI=1S/C81H108N8O29S/c1-8-56-58-42-54(90)14-16-62(58)85-68-59(56)45-89-63(68)43-61-60(76(89)99)46-115-80(103)81(61,9-2)118-78(102)57-15-13-52(41-65(57)116-79-71(96)69(94)70(95)72(117-79)77(100)101)84-74(97)49(6)38-64(92)67(48(4)5)86-66(93)18-22-107-24-26-109-28-30-111-32-34-113-36-37-114-35-33-112-31-29-110-27-25-108-23-20-83-75(98)51(47-119(104,105)106)40-55(91)17-21-88-53(44-87(7)10-3)39-50-12-11-19-82-73(50)88/h11-16,19,39,41-43,48-49,51,67,69-72,79,90,94-96H,8-10,17-18,20-38,40,44-47H2,1-7H3,(H,83,98)(H,84,97)(H,86,93)(H,100,101)(H,104,105,106)/t49-,51+,67+,69+,70+,71-,72+,79?,81+/m1/s1. The van der Waals surface area contributed by atoms with Crippen molar-refractivity contribution in [2.24, 2.45) is 17.8 Å². The Morgan fingerprint density at radius 1 is 0.739 bits per heavy atom. The molecular weight excluding hydrogens is 1580 g/mol. The number of rotatable bonds is 52. The number of phenolic OH excluding ortho intramolecular Hbond substituents is 1. The highest BCUT2D eigenvalue weighted by molar-refractivity contribution is 7.85. The summed E-state index contributed by atoms with van der Waals surface area (Å²) in [6.07, 6.45) is -9.58. The van der Waals surface area contributed by atoms with Gasteiger partial charge in [-0.3, -0.25) is 33.3 Å². The first-order valence-electron chi connectivity index (χ1n) is 39.6. The largest absolute Gasteiger partial charge is 0.508 e. The van der Waals surface area contributed by atoms with Crippen molar-refractivity contribution in [3.8, 4) is 22.9 Å². The second kappa shape index (κ2) is 44.8. The molecular formula is C81H108N8O29S. The van der Waals surface area contributed by atoms with Gasteiger partial charge in [-0.15, -0.1) is 0 Å². The van der Waals surface area contributed by atoms with E-state index >= 15 is 0 Å². The molecule has 9 atom stereocenters. The number of aliphatic hydroxyl groups excluding tert-OH is 3. The molecule has 37 nitrogen and oxygen atoms in total. The molecule has 0 radical (unpaired) electrons. The van der Waals surface area contributed by atoms with Crippen LogP contribution in [0.1, 0.15) is 112 Å². The number of nitrogens with one attached hydrogen (secondary N) is 3. The number of esters is 2. The summed E-state index contributed by atoms with van der Waals surface area (Å²) in [4.78, 5) is 134. The number of cyclic esters (lactones) is 1. The number of nitrogens with zero attached hydrogens (tertiary/aromatic N) is 5. The number of hydrogen-bond donors (Lipinski definition) is 9. The number of carbonyl (C=O) groups excluding carboxylic acids is 7. The van der Waals surface area contributed by atoms with E-state index in [4.69, 9.17) is 61.8 Å². The average molecular weight is 1690 g/mol. The molecule has 3 aliphatic heterocycles. The summed E-state index contributed by atoms with van der Waals surface area (Å²) >= 11 is 0.